The van der Waals surface area contributed by atoms with Gasteiger partial charge in [-0.05, 0) is 29.7 Å². The Morgan fingerprint density at radius 2 is 2.00 bits per heavy atom. The second-order valence-corrected chi connectivity index (χ2v) is 7.31. The summed E-state index contributed by atoms with van der Waals surface area (Å²) in [6, 6.07) is 5.06. The van der Waals surface area contributed by atoms with Gasteiger partial charge in [-0.3, -0.25) is 0 Å². The maximum atomic E-state index is 12.0. The van der Waals surface area contributed by atoms with Gasteiger partial charge in [0.15, 0.2) is 0 Å². The molecule has 0 aliphatic rings. The van der Waals surface area contributed by atoms with E-state index in [9.17, 15) is 8.42 Å². The molecular formula is C12H19ClN2O2S. The molecule has 6 heteroatoms. The first-order valence-corrected chi connectivity index (χ1v) is 7.69. The van der Waals surface area contributed by atoms with E-state index >= 15 is 0 Å². The van der Waals surface area contributed by atoms with Gasteiger partial charge in [0.05, 0.1) is 5.75 Å². The molecular weight excluding hydrogens is 272 g/mol. The zero-order valence-corrected chi connectivity index (χ0v) is 12.4. The van der Waals surface area contributed by atoms with Crippen LogP contribution in [0.5, 0.6) is 0 Å². The topological polar surface area (TPSA) is 63.4 Å². The minimum absolute atomic E-state index is 0.0914. The molecule has 1 rings (SSSR count). The molecule has 4 nitrogen and oxygen atoms in total. The van der Waals surface area contributed by atoms with Crippen molar-refractivity contribution in [3.05, 3.63) is 28.8 Å². The summed E-state index contributed by atoms with van der Waals surface area (Å²) in [4.78, 5) is 0. The number of hydrogen-bond donors (Lipinski definition) is 1. The van der Waals surface area contributed by atoms with Crippen molar-refractivity contribution >= 4 is 27.3 Å². The zero-order valence-electron chi connectivity index (χ0n) is 10.9. The van der Waals surface area contributed by atoms with Crippen LogP contribution in [0.15, 0.2) is 18.2 Å². The maximum absolute atomic E-state index is 12.0. The first kappa shape index (κ1) is 15.3. The Labute approximate surface area is 114 Å². The highest BCUT2D eigenvalue weighted by Crippen LogP contribution is 2.21. The van der Waals surface area contributed by atoms with Crippen LogP contribution in [0.4, 0.5) is 5.69 Å². The van der Waals surface area contributed by atoms with E-state index in [-0.39, 0.29) is 18.2 Å². The summed E-state index contributed by atoms with van der Waals surface area (Å²) in [7, 11) is -1.70. The summed E-state index contributed by atoms with van der Waals surface area (Å²) >= 11 is 6.02. The molecule has 0 heterocycles. The van der Waals surface area contributed by atoms with Crippen LogP contribution < -0.4 is 5.73 Å². The second-order valence-electron chi connectivity index (χ2n) is 4.78. The monoisotopic (exact) mass is 290 g/mol. The maximum Gasteiger partial charge on any atom is 0.214 e. The fourth-order valence-corrected chi connectivity index (χ4v) is 3.21. The lowest BCUT2D eigenvalue weighted by Crippen LogP contribution is -2.30. The van der Waals surface area contributed by atoms with E-state index in [0.29, 0.717) is 16.3 Å². The van der Waals surface area contributed by atoms with Gasteiger partial charge in [0, 0.05) is 24.3 Å². The molecule has 0 bridgehead atoms. The van der Waals surface area contributed by atoms with Crippen LogP contribution in [-0.4, -0.2) is 25.5 Å². The van der Waals surface area contributed by atoms with Gasteiger partial charge in [0.1, 0.15) is 0 Å². The summed E-state index contributed by atoms with van der Waals surface area (Å²) in [6.45, 7) is 3.98. The molecule has 1 aromatic rings. The molecule has 0 aliphatic carbocycles. The summed E-state index contributed by atoms with van der Waals surface area (Å²) in [5.41, 5.74) is 6.95. The zero-order chi connectivity index (χ0) is 13.9. The van der Waals surface area contributed by atoms with Crippen molar-refractivity contribution in [1.82, 2.24) is 4.31 Å². The molecule has 0 spiro atoms. The van der Waals surface area contributed by atoms with Gasteiger partial charge < -0.3 is 5.73 Å². The predicted octanol–water partition coefficient (Wildman–Crippen LogP) is 2.34. The van der Waals surface area contributed by atoms with E-state index in [2.05, 4.69) is 0 Å². The van der Waals surface area contributed by atoms with Crippen LogP contribution in [0.25, 0.3) is 0 Å². The third-order valence-electron chi connectivity index (χ3n) is 2.48. The van der Waals surface area contributed by atoms with Crippen molar-refractivity contribution in [2.75, 3.05) is 18.5 Å². The van der Waals surface area contributed by atoms with Crippen molar-refractivity contribution < 1.29 is 8.42 Å². The highest BCUT2D eigenvalue weighted by Gasteiger charge is 2.20. The molecule has 0 aliphatic heterocycles. The predicted molar refractivity (Wildman–Crippen MR) is 76.0 cm³/mol. The number of sulfonamides is 1. The Morgan fingerprint density at radius 1 is 1.39 bits per heavy atom. The highest BCUT2D eigenvalue weighted by atomic mass is 35.5. The molecule has 0 saturated heterocycles. The Morgan fingerprint density at radius 3 is 2.56 bits per heavy atom. The molecule has 0 radical (unpaired) electrons. The first-order chi connectivity index (χ1) is 8.22. The van der Waals surface area contributed by atoms with Crippen LogP contribution in [0.3, 0.4) is 0 Å². The van der Waals surface area contributed by atoms with E-state index in [1.165, 1.54) is 4.31 Å². The van der Waals surface area contributed by atoms with Crippen LogP contribution in [0.2, 0.25) is 5.02 Å². The number of nitrogens with two attached hydrogens (primary N) is 1. The van der Waals surface area contributed by atoms with E-state index in [4.69, 9.17) is 17.3 Å². The van der Waals surface area contributed by atoms with Gasteiger partial charge in [0.25, 0.3) is 0 Å². The van der Waals surface area contributed by atoms with Crippen molar-refractivity contribution in [2.24, 2.45) is 5.92 Å². The largest absolute Gasteiger partial charge is 0.399 e. The van der Waals surface area contributed by atoms with Gasteiger partial charge in [-0.2, -0.15) is 0 Å². The number of anilines is 1. The molecule has 102 valence electrons. The van der Waals surface area contributed by atoms with Gasteiger partial charge in [-0.25, -0.2) is 12.7 Å². The Kier molecular flexibility index (Phi) is 5.01. The second kappa shape index (κ2) is 5.91. The highest BCUT2D eigenvalue weighted by molar-refractivity contribution is 7.89. The van der Waals surface area contributed by atoms with E-state index in [0.717, 1.165) is 0 Å². The molecule has 1 aromatic carbocycles. The third-order valence-corrected chi connectivity index (χ3v) is 5.02. The van der Waals surface area contributed by atoms with Gasteiger partial charge in [0.2, 0.25) is 10.0 Å². The summed E-state index contributed by atoms with van der Waals surface area (Å²) < 4.78 is 25.3. The fourth-order valence-electron chi connectivity index (χ4n) is 1.60. The molecule has 18 heavy (non-hydrogen) atoms. The van der Waals surface area contributed by atoms with E-state index in [1.807, 2.05) is 13.8 Å². The number of halogens is 1. The number of rotatable bonds is 5. The number of benzene rings is 1. The quantitative estimate of drug-likeness (QED) is 0.847. The smallest absolute Gasteiger partial charge is 0.214 e. The average molecular weight is 291 g/mol. The molecule has 0 saturated carbocycles. The van der Waals surface area contributed by atoms with Gasteiger partial charge in [-0.1, -0.05) is 25.4 Å². The third kappa shape index (κ3) is 4.15. The number of nitrogen functional groups attached to an aromatic ring is 1. The SMILES string of the molecule is CC(C)CS(=O)(=O)N(C)Cc1cc(N)ccc1Cl. The normalized spacial score (nSPS) is 12.3. The van der Waals surface area contributed by atoms with Crippen molar-refractivity contribution in [3.63, 3.8) is 0 Å². The van der Waals surface area contributed by atoms with Crippen LogP contribution >= 0.6 is 11.6 Å². The Balaban J connectivity index is 2.87. The molecule has 0 aromatic heterocycles. The first-order valence-electron chi connectivity index (χ1n) is 5.70. The standard InChI is InChI=1S/C12H19ClN2O2S/c1-9(2)8-18(16,17)15(3)7-10-6-11(14)4-5-12(10)13/h4-6,9H,7-8,14H2,1-3H3. The van der Waals surface area contributed by atoms with Crippen molar-refractivity contribution in [1.29, 1.82) is 0 Å². The minimum Gasteiger partial charge on any atom is -0.399 e. The molecule has 0 unspecified atom stereocenters. The molecule has 0 amide bonds. The van der Waals surface area contributed by atoms with Crippen molar-refractivity contribution in [3.8, 4) is 0 Å². The Bertz CT molecular complexity index is 515. The summed E-state index contributed by atoms with van der Waals surface area (Å²) in [6.07, 6.45) is 0. The van der Waals surface area contributed by atoms with Crippen LogP contribution in [-0.2, 0) is 16.6 Å². The molecule has 0 atom stereocenters. The summed E-state index contributed by atoms with van der Waals surface area (Å²) in [5.74, 6) is 0.220. The number of nitrogens with zero attached hydrogens (tertiary/aromatic N) is 1. The van der Waals surface area contributed by atoms with E-state index in [1.54, 1.807) is 25.2 Å². The van der Waals surface area contributed by atoms with Crippen LogP contribution in [0.1, 0.15) is 19.4 Å². The molecule has 0 fully saturated rings. The van der Waals surface area contributed by atoms with Crippen molar-refractivity contribution in [2.45, 2.75) is 20.4 Å². The fraction of sp³-hybridized carbons (Fsp3) is 0.500. The lowest BCUT2D eigenvalue weighted by molar-refractivity contribution is 0.460. The van der Waals surface area contributed by atoms with Gasteiger partial charge in [-0.15, -0.1) is 0 Å². The van der Waals surface area contributed by atoms with Gasteiger partial charge >= 0.3 is 0 Å². The molecule has 2 N–H and O–H groups in total. The average Bonchev–Trinajstić information content (AvgIpc) is 2.21. The van der Waals surface area contributed by atoms with Crippen LogP contribution in [0, 0.1) is 5.92 Å². The Hall–Kier alpha value is -0.780. The lowest BCUT2D eigenvalue weighted by atomic mass is 10.2. The minimum atomic E-state index is -3.25. The number of hydrogen-bond acceptors (Lipinski definition) is 3. The summed E-state index contributed by atoms with van der Waals surface area (Å²) in [5, 5.41) is 0.524. The lowest BCUT2D eigenvalue weighted by Gasteiger charge is -2.19. The van der Waals surface area contributed by atoms with E-state index < -0.39 is 10.0 Å².